The van der Waals surface area contributed by atoms with Gasteiger partial charge in [-0.1, -0.05) is 65.2 Å². The van der Waals surface area contributed by atoms with E-state index in [-0.39, 0.29) is 6.61 Å². The summed E-state index contributed by atoms with van der Waals surface area (Å²) in [6.07, 6.45) is 11.3. The summed E-state index contributed by atoms with van der Waals surface area (Å²) in [6.45, 7) is 6.31. The van der Waals surface area contributed by atoms with E-state index in [9.17, 15) is 9.18 Å². The van der Waals surface area contributed by atoms with E-state index in [1.807, 2.05) is 0 Å². The molecule has 0 aliphatic heterocycles. The zero-order valence-corrected chi connectivity index (χ0v) is 14.4. The van der Waals surface area contributed by atoms with Crippen LogP contribution in [0.25, 0.3) is 0 Å². The van der Waals surface area contributed by atoms with Crippen LogP contribution in [0.2, 0.25) is 0 Å². The van der Waals surface area contributed by atoms with Crippen LogP contribution in [-0.2, 0) is 9.53 Å². The van der Waals surface area contributed by atoms with E-state index in [1.165, 1.54) is 19.3 Å². The summed E-state index contributed by atoms with van der Waals surface area (Å²) in [4.78, 5) is 11.9. The lowest BCUT2D eigenvalue weighted by atomic mass is 9.91. The molecule has 0 N–H and O–H groups in total. The van der Waals surface area contributed by atoms with Gasteiger partial charge in [0.2, 0.25) is 5.67 Å². The summed E-state index contributed by atoms with van der Waals surface area (Å²) in [5, 5.41) is 0. The first kappa shape index (κ1) is 20.4. The van der Waals surface area contributed by atoms with E-state index >= 15 is 0 Å². The molecule has 0 rings (SSSR count). The van der Waals surface area contributed by atoms with Gasteiger partial charge in [0.25, 0.3) is 0 Å². The van der Waals surface area contributed by atoms with Crippen LogP contribution in [0.4, 0.5) is 4.39 Å². The zero-order valence-electron chi connectivity index (χ0n) is 14.4. The Bertz CT molecular complexity index is 256. The van der Waals surface area contributed by atoms with Gasteiger partial charge in [-0.05, 0) is 32.6 Å². The number of hydrogen-bond acceptors (Lipinski definition) is 2. The van der Waals surface area contributed by atoms with Gasteiger partial charge in [0.1, 0.15) is 0 Å². The van der Waals surface area contributed by atoms with Crippen molar-refractivity contribution in [3.8, 4) is 0 Å². The lowest BCUT2D eigenvalue weighted by Crippen LogP contribution is -2.35. The van der Waals surface area contributed by atoms with Crippen molar-refractivity contribution in [1.82, 2.24) is 0 Å². The molecule has 0 aromatic rings. The van der Waals surface area contributed by atoms with E-state index in [2.05, 4.69) is 13.8 Å². The second-order valence-electron chi connectivity index (χ2n) is 6.01. The van der Waals surface area contributed by atoms with E-state index in [0.717, 1.165) is 44.9 Å². The van der Waals surface area contributed by atoms with E-state index in [1.54, 1.807) is 6.92 Å². The molecule has 126 valence electrons. The van der Waals surface area contributed by atoms with Crippen LogP contribution in [0.3, 0.4) is 0 Å². The number of alkyl halides is 1. The molecule has 0 aliphatic carbocycles. The fourth-order valence-electron chi connectivity index (χ4n) is 2.61. The predicted octanol–water partition coefficient (Wildman–Crippen LogP) is 5.98. The number of halogens is 1. The number of carbonyl (C=O) groups excluding carboxylic acids is 1. The van der Waals surface area contributed by atoms with Crippen LogP contribution in [0.5, 0.6) is 0 Å². The first-order valence-electron chi connectivity index (χ1n) is 8.96. The smallest absolute Gasteiger partial charge is 0.343 e. The van der Waals surface area contributed by atoms with Gasteiger partial charge in [0.05, 0.1) is 6.61 Å². The molecule has 0 amide bonds. The highest BCUT2D eigenvalue weighted by atomic mass is 19.1. The van der Waals surface area contributed by atoms with Crippen molar-refractivity contribution in [2.24, 2.45) is 0 Å². The van der Waals surface area contributed by atoms with Gasteiger partial charge in [0.15, 0.2) is 0 Å². The maximum atomic E-state index is 14.9. The van der Waals surface area contributed by atoms with Gasteiger partial charge >= 0.3 is 5.97 Å². The molecule has 1 atom stereocenters. The first-order valence-corrected chi connectivity index (χ1v) is 8.96. The Hall–Kier alpha value is -0.600. The van der Waals surface area contributed by atoms with Crippen LogP contribution < -0.4 is 0 Å². The molecule has 0 saturated carbocycles. The van der Waals surface area contributed by atoms with Crippen LogP contribution in [0, 0.1) is 0 Å². The lowest BCUT2D eigenvalue weighted by molar-refractivity contribution is -0.158. The van der Waals surface area contributed by atoms with Crippen LogP contribution in [-0.4, -0.2) is 18.2 Å². The van der Waals surface area contributed by atoms with Crippen molar-refractivity contribution in [2.75, 3.05) is 6.61 Å². The Labute approximate surface area is 130 Å². The predicted molar refractivity (Wildman–Crippen MR) is 87.2 cm³/mol. The first-order chi connectivity index (χ1) is 10.1. The highest BCUT2D eigenvalue weighted by Gasteiger charge is 2.38. The third kappa shape index (κ3) is 9.87. The van der Waals surface area contributed by atoms with Gasteiger partial charge < -0.3 is 4.74 Å². The second-order valence-corrected chi connectivity index (χ2v) is 6.01. The van der Waals surface area contributed by atoms with Crippen LogP contribution in [0.1, 0.15) is 97.8 Å². The quantitative estimate of drug-likeness (QED) is 0.291. The molecule has 0 spiro atoms. The molecule has 0 aromatic heterocycles. The fourth-order valence-corrected chi connectivity index (χ4v) is 2.61. The van der Waals surface area contributed by atoms with Crippen LogP contribution in [0.15, 0.2) is 0 Å². The summed E-state index contributed by atoms with van der Waals surface area (Å²) in [6, 6.07) is 0. The summed E-state index contributed by atoms with van der Waals surface area (Å²) < 4.78 is 19.8. The van der Waals surface area contributed by atoms with Gasteiger partial charge in [-0.2, -0.15) is 0 Å². The maximum Gasteiger partial charge on any atom is 0.343 e. The lowest BCUT2D eigenvalue weighted by Gasteiger charge is -2.23. The van der Waals surface area contributed by atoms with Gasteiger partial charge in [-0.25, -0.2) is 9.18 Å². The van der Waals surface area contributed by atoms with E-state index < -0.39 is 11.6 Å². The average molecular weight is 302 g/mol. The number of ether oxygens (including phenoxy) is 1. The topological polar surface area (TPSA) is 26.3 Å². The van der Waals surface area contributed by atoms with Crippen molar-refractivity contribution in [2.45, 2.75) is 103 Å². The number of rotatable bonds is 14. The minimum absolute atomic E-state index is 0.260. The highest BCUT2D eigenvalue weighted by molar-refractivity contribution is 5.79. The summed E-state index contributed by atoms with van der Waals surface area (Å²) in [5.74, 6) is -0.643. The Morgan fingerprint density at radius 1 is 0.810 bits per heavy atom. The molecule has 0 heterocycles. The molecule has 1 unspecified atom stereocenters. The minimum Gasteiger partial charge on any atom is -0.464 e. The Morgan fingerprint density at radius 3 is 1.71 bits per heavy atom. The number of carbonyl (C=O) groups is 1. The third-order valence-electron chi connectivity index (χ3n) is 3.99. The van der Waals surface area contributed by atoms with Crippen molar-refractivity contribution in [3.05, 3.63) is 0 Å². The molecule has 0 bridgehead atoms. The summed E-state index contributed by atoms with van der Waals surface area (Å²) in [5.41, 5.74) is -1.76. The van der Waals surface area contributed by atoms with Crippen molar-refractivity contribution < 1.29 is 13.9 Å². The molecule has 0 aromatic carbocycles. The maximum absolute atomic E-state index is 14.9. The minimum atomic E-state index is -1.76. The SMILES string of the molecule is CCCCCCCCC(F)(CCCCCC)C(=O)OCC. The molecular formula is C18H35FO2. The van der Waals surface area contributed by atoms with Crippen molar-refractivity contribution in [3.63, 3.8) is 0 Å². The normalized spacial score (nSPS) is 13.9. The largest absolute Gasteiger partial charge is 0.464 e. The molecule has 0 aliphatic rings. The number of unbranched alkanes of at least 4 members (excludes halogenated alkanes) is 8. The van der Waals surface area contributed by atoms with Crippen molar-refractivity contribution >= 4 is 5.97 Å². The number of esters is 1. The molecule has 3 heteroatoms. The van der Waals surface area contributed by atoms with Crippen LogP contribution >= 0.6 is 0 Å². The van der Waals surface area contributed by atoms with Gasteiger partial charge in [-0.3, -0.25) is 0 Å². The average Bonchev–Trinajstić information content (AvgIpc) is 2.47. The Balaban J connectivity index is 4.14. The molecular weight excluding hydrogens is 267 g/mol. The highest BCUT2D eigenvalue weighted by Crippen LogP contribution is 2.29. The monoisotopic (exact) mass is 302 g/mol. The summed E-state index contributed by atoms with van der Waals surface area (Å²) >= 11 is 0. The van der Waals surface area contributed by atoms with Crippen molar-refractivity contribution in [1.29, 1.82) is 0 Å². The fraction of sp³-hybridized carbons (Fsp3) is 0.944. The van der Waals surface area contributed by atoms with E-state index in [0.29, 0.717) is 12.8 Å². The zero-order chi connectivity index (χ0) is 16.0. The van der Waals surface area contributed by atoms with Gasteiger partial charge in [-0.15, -0.1) is 0 Å². The number of hydrogen-bond donors (Lipinski definition) is 0. The molecule has 0 radical (unpaired) electrons. The molecule has 0 saturated heterocycles. The van der Waals surface area contributed by atoms with E-state index in [4.69, 9.17) is 4.74 Å². The molecule has 21 heavy (non-hydrogen) atoms. The Morgan fingerprint density at radius 2 is 1.24 bits per heavy atom. The third-order valence-corrected chi connectivity index (χ3v) is 3.99. The molecule has 2 nitrogen and oxygen atoms in total. The second kappa shape index (κ2) is 13.1. The molecule has 0 fully saturated rings. The Kier molecular flexibility index (Phi) is 12.7. The summed E-state index contributed by atoms with van der Waals surface area (Å²) in [7, 11) is 0. The van der Waals surface area contributed by atoms with Gasteiger partial charge in [0, 0.05) is 0 Å². The standard InChI is InChI=1S/C18H35FO2/c1-4-7-9-11-12-14-16-18(19,17(20)21-6-3)15-13-10-8-5-2/h4-16H2,1-3H3.